The SMILES string of the molecule is CCNC(=O)CN(C)C(=O)CCCC[C@@H]1SC[C@@H]2NC(=O)N[C@@H]21. The van der Waals surface area contributed by atoms with Gasteiger partial charge in [-0.05, 0) is 19.8 Å². The molecule has 0 bridgehead atoms. The summed E-state index contributed by atoms with van der Waals surface area (Å²) in [7, 11) is 1.66. The number of amides is 4. The monoisotopic (exact) mass is 342 g/mol. The maximum absolute atomic E-state index is 12.0. The molecule has 4 amide bonds. The second-order valence-electron chi connectivity index (χ2n) is 6.07. The van der Waals surface area contributed by atoms with E-state index in [4.69, 9.17) is 0 Å². The molecule has 2 saturated heterocycles. The van der Waals surface area contributed by atoms with Crippen molar-refractivity contribution in [3.8, 4) is 0 Å². The Morgan fingerprint density at radius 2 is 2.13 bits per heavy atom. The Bertz CT molecular complexity index is 460. The van der Waals surface area contributed by atoms with Gasteiger partial charge in [-0.2, -0.15) is 11.8 Å². The van der Waals surface area contributed by atoms with E-state index in [9.17, 15) is 14.4 Å². The van der Waals surface area contributed by atoms with Crippen molar-refractivity contribution in [1.82, 2.24) is 20.9 Å². The van der Waals surface area contributed by atoms with Gasteiger partial charge in [-0.1, -0.05) is 6.42 Å². The topological polar surface area (TPSA) is 90.5 Å². The number of unbranched alkanes of at least 4 members (excludes halogenated alkanes) is 1. The number of carbonyl (C=O) groups excluding carboxylic acids is 3. The van der Waals surface area contributed by atoms with Gasteiger partial charge in [-0.25, -0.2) is 4.79 Å². The zero-order chi connectivity index (χ0) is 16.8. The van der Waals surface area contributed by atoms with Gasteiger partial charge in [0.05, 0.1) is 18.6 Å². The molecule has 0 aromatic heterocycles. The number of urea groups is 1. The molecular weight excluding hydrogens is 316 g/mol. The maximum atomic E-state index is 12.0. The second kappa shape index (κ2) is 8.42. The fourth-order valence-electron chi connectivity index (χ4n) is 3.01. The molecule has 2 aliphatic heterocycles. The molecule has 0 saturated carbocycles. The van der Waals surface area contributed by atoms with Crippen LogP contribution in [0.1, 0.15) is 32.6 Å². The lowest BCUT2D eigenvalue weighted by atomic mass is 10.0. The van der Waals surface area contributed by atoms with E-state index >= 15 is 0 Å². The van der Waals surface area contributed by atoms with Crippen LogP contribution in [0.3, 0.4) is 0 Å². The van der Waals surface area contributed by atoms with Gasteiger partial charge in [0.2, 0.25) is 11.8 Å². The highest BCUT2D eigenvalue weighted by atomic mass is 32.2. The third kappa shape index (κ3) is 5.02. The summed E-state index contributed by atoms with van der Waals surface area (Å²) in [6.07, 6.45) is 3.24. The molecule has 2 aliphatic rings. The Labute approximate surface area is 141 Å². The van der Waals surface area contributed by atoms with Crippen LogP contribution in [-0.4, -0.2) is 66.0 Å². The normalized spacial score (nSPS) is 25.5. The van der Waals surface area contributed by atoms with Crippen LogP contribution in [-0.2, 0) is 9.59 Å². The Hall–Kier alpha value is -1.44. The molecule has 2 fully saturated rings. The van der Waals surface area contributed by atoms with Crippen LogP contribution in [0, 0.1) is 0 Å². The van der Waals surface area contributed by atoms with Gasteiger partial charge in [-0.3, -0.25) is 9.59 Å². The highest BCUT2D eigenvalue weighted by Crippen LogP contribution is 2.33. The maximum Gasteiger partial charge on any atom is 0.315 e. The number of thioether (sulfide) groups is 1. The number of fused-ring (bicyclic) bond motifs is 1. The molecule has 0 spiro atoms. The second-order valence-corrected chi connectivity index (χ2v) is 7.34. The number of likely N-dealkylation sites (N-methyl/N-ethyl adjacent to an activating group) is 2. The third-order valence-electron chi connectivity index (χ3n) is 4.25. The van der Waals surface area contributed by atoms with Crippen molar-refractivity contribution >= 4 is 29.6 Å². The van der Waals surface area contributed by atoms with Crippen LogP contribution in [0.2, 0.25) is 0 Å². The molecule has 3 N–H and O–H groups in total. The van der Waals surface area contributed by atoms with Crippen LogP contribution in [0.25, 0.3) is 0 Å². The lowest BCUT2D eigenvalue weighted by molar-refractivity contribution is -0.134. The zero-order valence-electron chi connectivity index (χ0n) is 13.8. The minimum Gasteiger partial charge on any atom is -0.355 e. The van der Waals surface area contributed by atoms with Gasteiger partial charge in [-0.15, -0.1) is 0 Å². The lowest BCUT2D eigenvalue weighted by Crippen LogP contribution is -2.38. The Morgan fingerprint density at radius 3 is 2.87 bits per heavy atom. The fraction of sp³-hybridized carbons (Fsp3) is 0.800. The van der Waals surface area contributed by atoms with Crippen molar-refractivity contribution in [3.05, 3.63) is 0 Å². The lowest BCUT2D eigenvalue weighted by Gasteiger charge is -2.18. The molecule has 0 aromatic rings. The van der Waals surface area contributed by atoms with Crippen molar-refractivity contribution in [2.24, 2.45) is 0 Å². The highest BCUT2D eigenvalue weighted by Gasteiger charge is 2.42. The first kappa shape index (κ1) is 17.9. The summed E-state index contributed by atoms with van der Waals surface area (Å²) in [5.74, 6) is 0.840. The Kier molecular flexibility index (Phi) is 6.56. The van der Waals surface area contributed by atoms with E-state index in [1.165, 1.54) is 4.90 Å². The Morgan fingerprint density at radius 1 is 1.35 bits per heavy atom. The Balaban J connectivity index is 1.61. The number of rotatable bonds is 8. The van der Waals surface area contributed by atoms with Gasteiger partial charge in [0.1, 0.15) is 0 Å². The summed E-state index contributed by atoms with van der Waals surface area (Å²) < 4.78 is 0. The van der Waals surface area contributed by atoms with Gasteiger partial charge < -0.3 is 20.9 Å². The van der Waals surface area contributed by atoms with Crippen LogP contribution >= 0.6 is 11.8 Å². The largest absolute Gasteiger partial charge is 0.355 e. The first-order valence-electron chi connectivity index (χ1n) is 8.20. The minimum absolute atomic E-state index is 0.00374. The van der Waals surface area contributed by atoms with Crippen molar-refractivity contribution in [3.63, 3.8) is 0 Å². The van der Waals surface area contributed by atoms with Crippen molar-refractivity contribution < 1.29 is 14.4 Å². The summed E-state index contributed by atoms with van der Waals surface area (Å²) in [5, 5.41) is 9.02. The predicted octanol–water partition coefficient (Wildman–Crippen LogP) is 0.307. The number of carbonyl (C=O) groups is 3. The summed E-state index contributed by atoms with van der Waals surface area (Å²) in [6.45, 7) is 2.55. The average molecular weight is 342 g/mol. The molecule has 0 aliphatic carbocycles. The number of nitrogens with one attached hydrogen (secondary N) is 3. The van der Waals surface area contributed by atoms with Gasteiger partial charge in [0.25, 0.3) is 0 Å². The van der Waals surface area contributed by atoms with E-state index in [1.54, 1.807) is 7.05 Å². The molecule has 3 atom stereocenters. The highest BCUT2D eigenvalue weighted by molar-refractivity contribution is 8.00. The number of hydrogen-bond acceptors (Lipinski definition) is 4. The van der Waals surface area contributed by atoms with Crippen LogP contribution < -0.4 is 16.0 Å². The average Bonchev–Trinajstić information content (AvgIpc) is 3.03. The summed E-state index contributed by atoms with van der Waals surface area (Å²) >= 11 is 1.89. The molecule has 23 heavy (non-hydrogen) atoms. The van der Waals surface area contributed by atoms with Crippen molar-refractivity contribution in [2.45, 2.75) is 49.9 Å². The molecule has 8 heteroatoms. The number of nitrogens with zero attached hydrogens (tertiary/aromatic N) is 1. The van der Waals surface area contributed by atoms with Gasteiger partial charge >= 0.3 is 6.03 Å². The smallest absolute Gasteiger partial charge is 0.315 e. The molecule has 2 rings (SSSR count). The standard InChI is InChI=1S/C15H26N4O3S/c1-3-16-12(20)8-19(2)13(21)7-5-4-6-11-14-10(9-23-11)17-15(22)18-14/h10-11,14H,3-9H2,1-2H3,(H,16,20)(H2,17,18,22)/t10-,11-,14-/m0/s1. The van der Waals surface area contributed by atoms with Crippen LogP contribution in [0.5, 0.6) is 0 Å². The quantitative estimate of drug-likeness (QED) is 0.437. The van der Waals surface area contributed by atoms with Crippen LogP contribution in [0.15, 0.2) is 0 Å². The molecule has 0 radical (unpaired) electrons. The van der Waals surface area contributed by atoms with E-state index in [1.807, 2.05) is 18.7 Å². The third-order valence-corrected chi connectivity index (χ3v) is 5.76. The van der Waals surface area contributed by atoms with Crippen LogP contribution in [0.4, 0.5) is 4.79 Å². The van der Waals surface area contributed by atoms with Gasteiger partial charge in [0, 0.05) is 31.0 Å². The summed E-state index contributed by atoms with van der Waals surface area (Å²) in [6, 6.07) is 0.415. The van der Waals surface area contributed by atoms with E-state index in [0.717, 1.165) is 25.0 Å². The molecule has 2 heterocycles. The first-order valence-corrected chi connectivity index (χ1v) is 9.25. The van der Waals surface area contributed by atoms with Crippen molar-refractivity contribution in [2.75, 3.05) is 25.9 Å². The van der Waals surface area contributed by atoms with Crippen molar-refractivity contribution in [1.29, 1.82) is 0 Å². The molecule has 7 nitrogen and oxygen atoms in total. The molecule has 130 valence electrons. The summed E-state index contributed by atoms with van der Waals surface area (Å²) in [5.41, 5.74) is 0. The van der Waals surface area contributed by atoms with E-state index < -0.39 is 0 Å². The number of hydrogen-bond donors (Lipinski definition) is 3. The van der Waals surface area contributed by atoms with E-state index in [2.05, 4.69) is 16.0 Å². The summed E-state index contributed by atoms with van der Waals surface area (Å²) in [4.78, 5) is 36.2. The minimum atomic E-state index is -0.124. The molecule has 0 unspecified atom stereocenters. The van der Waals surface area contributed by atoms with Gasteiger partial charge in [0.15, 0.2) is 0 Å². The van der Waals surface area contributed by atoms with E-state index in [-0.39, 0.29) is 36.5 Å². The first-order chi connectivity index (χ1) is 11.0. The molecule has 0 aromatic carbocycles. The predicted molar refractivity (Wildman–Crippen MR) is 90.3 cm³/mol. The zero-order valence-corrected chi connectivity index (χ0v) is 14.6. The molecular formula is C15H26N4O3S. The fourth-order valence-corrected chi connectivity index (χ4v) is 4.56. The van der Waals surface area contributed by atoms with E-state index in [0.29, 0.717) is 18.2 Å².